The molecular formula is C13H14N2O3S2. The molecule has 0 atom stereocenters. The van der Waals surface area contributed by atoms with Crippen molar-refractivity contribution < 1.29 is 12.8 Å². The number of nitrogens with one attached hydrogen (secondary N) is 1. The lowest BCUT2D eigenvalue weighted by Gasteiger charge is -2.06. The number of furan rings is 1. The summed E-state index contributed by atoms with van der Waals surface area (Å²) in [5.74, 6) is 0.733. The van der Waals surface area contributed by atoms with Gasteiger partial charge in [-0.1, -0.05) is 24.4 Å². The Bertz CT molecular complexity index is 677. The van der Waals surface area contributed by atoms with Crippen molar-refractivity contribution in [2.45, 2.75) is 11.3 Å². The maximum Gasteiger partial charge on any atom is 0.240 e. The lowest BCUT2D eigenvalue weighted by Crippen LogP contribution is -2.26. The molecule has 0 bridgehead atoms. The lowest BCUT2D eigenvalue weighted by molar-refractivity contribution is 0.506. The predicted molar refractivity (Wildman–Crippen MR) is 79.9 cm³/mol. The third-order valence-corrected chi connectivity index (χ3v) is 4.41. The second-order valence-corrected chi connectivity index (χ2v) is 6.32. The Balaban J connectivity index is 2.00. The molecule has 0 amide bonds. The molecule has 0 aliphatic heterocycles. The summed E-state index contributed by atoms with van der Waals surface area (Å²) in [6.07, 6.45) is 2.05. The van der Waals surface area contributed by atoms with Crippen LogP contribution in [0.4, 0.5) is 0 Å². The van der Waals surface area contributed by atoms with Gasteiger partial charge in [-0.05, 0) is 24.3 Å². The molecule has 0 unspecified atom stereocenters. The summed E-state index contributed by atoms with van der Waals surface area (Å²) in [4.78, 5) is 0.414. The van der Waals surface area contributed by atoms with E-state index in [0.717, 1.165) is 5.76 Å². The van der Waals surface area contributed by atoms with Crippen LogP contribution in [-0.2, 0) is 16.4 Å². The molecule has 0 fully saturated rings. The first-order valence-corrected chi connectivity index (χ1v) is 7.80. The van der Waals surface area contributed by atoms with Crippen LogP contribution in [0, 0.1) is 0 Å². The van der Waals surface area contributed by atoms with Crippen LogP contribution in [0.1, 0.15) is 11.3 Å². The van der Waals surface area contributed by atoms with E-state index in [1.807, 2.05) is 0 Å². The zero-order chi connectivity index (χ0) is 14.6. The standard InChI is InChI=1S/C13H14N2O3S2/c14-13(19)10-3-5-12(6-4-10)20(16,17)15-8-7-11-2-1-9-18-11/h1-6,9,15H,7-8H2,(H2,14,19). The second kappa shape index (κ2) is 6.17. The molecule has 1 aromatic heterocycles. The van der Waals surface area contributed by atoms with Crippen LogP contribution < -0.4 is 10.5 Å². The number of sulfonamides is 1. The highest BCUT2D eigenvalue weighted by Crippen LogP contribution is 2.10. The van der Waals surface area contributed by atoms with Crippen LogP contribution in [0.5, 0.6) is 0 Å². The van der Waals surface area contributed by atoms with Crippen molar-refractivity contribution in [2.24, 2.45) is 5.73 Å². The van der Waals surface area contributed by atoms with Crippen LogP contribution in [0.15, 0.2) is 52.0 Å². The summed E-state index contributed by atoms with van der Waals surface area (Å²) >= 11 is 4.82. The number of rotatable bonds is 6. The molecular weight excluding hydrogens is 296 g/mol. The molecule has 0 radical (unpaired) electrons. The number of hydrogen-bond acceptors (Lipinski definition) is 4. The SMILES string of the molecule is NC(=S)c1ccc(S(=O)(=O)NCCc2ccco2)cc1. The highest BCUT2D eigenvalue weighted by Gasteiger charge is 2.13. The van der Waals surface area contributed by atoms with Crippen LogP contribution in [-0.4, -0.2) is 20.0 Å². The van der Waals surface area contributed by atoms with Crippen molar-refractivity contribution in [2.75, 3.05) is 6.54 Å². The third-order valence-electron chi connectivity index (χ3n) is 2.69. The van der Waals surface area contributed by atoms with Gasteiger partial charge in [-0.2, -0.15) is 0 Å². The molecule has 1 aromatic carbocycles. The Labute approximate surface area is 122 Å². The number of nitrogens with two attached hydrogens (primary N) is 1. The van der Waals surface area contributed by atoms with E-state index in [-0.39, 0.29) is 16.4 Å². The van der Waals surface area contributed by atoms with E-state index in [0.29, 0.717) is 12.0 Å². The molecule has 2 rings (SSSR count). The van der Waals surface area contributed by atoms with Gasteiger partial charge in [0.2, 0.25) is 10.0 Å². The van der Waals surface area contributed by atoms with E-state index in [4.69, 9.17) is 22.4 Å². The highest BCUT2D eigenvalue weighted by atomic mass is 32.2. The van der Waals surface area contributed by atoms with E-state index >= 15 is 0 Å². The summed E-state index contributed by atoms with van der Waals surface area (Å²) in [5.41, 5.74) is 6.10. The van der Waals surface area contributed by atoms with Crippen molar-refractivity contribution in [3.05, 3.63) is 54.0 Å². The monoisotopic (exact) mass is 310 g/mol. The fourth-order valence-corrected chi connectivity index (χ4v) is 2.81. The van der Waals surface area contributed by atoms with Crippen molar-refractivity contribution in [3.63, 3.8) is 0 Å². The molecule has 0 spiro atoms. The summed E-state index contributed by atoms with van der Waals surface area (Å²) in [6.45, 7) is 0.271. The van der Waals surface area contributed by atoms with E-state index in [1.54, 1.807) is 30.5 Å². The van der Waals surface area contributed by atoms with Gasteiger partial charge in [-0.15, -0.1) is 0 Å². The maximum atomic E-state index is 12.0. The fourth-order valence-electron chi connectivity index (χ4n) is 1.65. The zero-order valence-corrected chi connectivity index (χ0v) is 12.2. The molecule has 7 heteroatoms. The average molecular weight is 310 g/mol. The minimum absolute atomic E-state index is 0.178. The van der Waals surface area contributed by atoms with Gasteiger partial charge in [0.15, 0.2) is 0 Å². The van der Waals surface area contributed by atoms with Gasteiger partial charge in [0.05, 0.1) is 11.2 Å². The van der Waals surface area contributed by atoms with Gasteiger partial charge in [-0.3, -0.25) is 0 Å². The van der Waals surface area contributed by atoms with E-state index < -0.39 is 10.0 Å². The molecule has 0 aliphatic rings. The van der Waals surface area contributed by atoms with Gasteiger partial charge in [0, 0.05) is 18.5 Å². The van der Waals surface area contributed by atoms with Gasteiger partial charge in [0.25, 0.3) is 0 Å². The number of benzene rings is 1. The zero-order valence-electron chi connectivity index (χ0n) is 10.6. The molecule has 5 nitrogen and oxygen atoms in total. The van der Waals surface area contributed by atoms with Crippen molar-refractivity contribution in [1.82, 2.24) is 4.72 Å². The van der Waals surface area contributed by atoms with Crippen LogP contribution in [0.2, 0.25) is 0 Å². The van der Waals surface area contributed by atoms with Gasteiger partial charge >= 0.3 is 0 Å². The Kier molecular flexibility index (Phi) is 4.53. The summed E-state index contributed by atoms with van der Waals surface area (Å²) in [7, 11) is -3.53. The van der Waals surface area contributed by atoms with Crippen molar-refractivity contribution >= 4 is 27.2 Å². The third kappa shape index (κ3) is 3.66. The Morgan fingerprint density at radius 3 is 2.50 bits per heavy atom. The predicted octanol–water partition coefficient (Wildman–Crippen LogP) is 1.43. The molecule has 2 aromatic rings. The maximum absolute atomic E-state index is 12.0. The quantitative estimate of drug-likeness (QED) is 0.789. The smallest absolute Gasteiger partial charge is 0.240 e. The molecule has 20 heavy (non-hydrogen) atoms. The summed E-state index contributed by atoms with van der Waals surface area (Å²) in [6, 6.07) is 9.68. The normalized spacial score (nSPS) is 11.4. The van der Waals surface area contributed by atoms with Gasteiger partial charge < -0.3 is 10.2 Å². The molecule has 3 N–H and O–H groups in total. The van der Waals surface area contributed by atoms with Crippen LogP contribution in [0.3, 0.4) is 0 Å². The summed E-state index contributed by atoms with van der Waals surface area (Å²) in [5, 5.41) is 0. The van der Waals surface area contributed by atoms with Gasteiger partial charge in [0.1, 0.15) is 10.7 Å². The van der Waals surface area contributed by atoms with Crippen molar-refractivity contribution in [3.8, 4) is 0 Å². The average Bonchev–Trinajstić information content (AvgIpc) is 2.92. The minimum atomic E-state index is -3.53. The summed E-state index contributed by atoms with van der Waals surface area (Å²) < 4.78 is 31.7. The lowest BCUT2D eigenvalue weighted by atomic mass is 10.2. The van der Waals surface area contributed by atoms with Crippen LogP contribution in [0.25, 0.3) is 0 Å². The van der Waals surface area contributed by atoms with Crippen LogP contribution >= 0.6 is 12.2 Å². The first-order chi connectivity index (χ1) is 9.49. The molecule has 0 aliphatic carbocycles. The highest BCUT2D eigenvalue weighted by molar-refractivity contribution is 7.89. The topological polar surface area (TPSA) is 85.3 Å². The van der Waals surface area contributed by atoms with E-state index in [9.17, 15) is 8.42 Å². The van der Waals surface area contributed by atoms with Crippen molar-refractivity contribution in [1.29, 1.82) is 0 Å². The molecule has 1 heterocycles. The largest absolute Gasteiger partial charge is 0.469 e. The van der Waals surface area contributed by atoms with E-state index in [2.05, 4.69) is 4.72 Å². The first-order valence-electron chi connectivity index (χ1n) is 5.91. The fraction of sp³-hybridized carbons (Fsp3) is 0.154. The molecule has 106 valence electrons. The number of thiocarbonyl (C=S) groups is 1. The second-order valence-electron chi connectivity index (χ2n) is 4.12. The Morgan fingerprint density at radius 1 is 1.25 bits per heavy atom. The molecule has 0 saturated carbocycles. The molecule has 0 saturated heterocycles. The Hall–Kier alpha value is -1.70. The Morgan fingerprint density at radius 2 is 1.95 bits per heavy atom. The van der Waals surface area contributed by atoms with Gasteiger partial charge in [-0.25, -0.2) is 13.1 Å². The minimum Gasteiger partial charge on any atom is -0.469 e. The number of hydrogen-bond donors (Lipinski definition) is 2. The van der Waals surface area contributed by atoms with E-state index in [1.165, 1.54) is 12.1 Å². The first kappa shape index (κ1) is 14.7.